The largest absolute Gasteiger partial charge is 0.469 e. The third-order valence-electron chi connectivity index (χ3n) is 4.45. The Morgan fingerprint density at radius 3 is 2.85 bits per heavy atom. The molecule has 138 valence electrons. The number of hydrogen-bond acceptors (Lipinski definition) is 4. The molecule has 0 N–H and O–H groups in total. The van der Waals surface area contributed by atoms with Gasteiger partial charge in [0.2, 0.25) is 0 Å². The summed E-state index contributed by atoms with van der Waals surface area (Å²) in [5, 5.41) is 3.94. The van der Waals surface area contributed by atoms with Gasteiger partial charge in [-0.05, 0) is 38.5 Å². The lowest BCUT2D eigenvalue weighted by Gasteiger charge is -2.24. The van der Waals surface area contributed by atoms with Crippen LogP contribution in [-0.4, -0.2) is 38.5 Å². The minimum absolute atomic E-state index is 0.0677. The summed E-state index contributed by atoms with van der Waals surface area (Å²) >= 11 is 0. The zero-order valence-electron chi connectivity index (χ0n) is 14.8. The van der Waals surface area contributed by atoms with E-state index in [4.69, 9.17) is 4.42 Å². The van der Waals surface area contributed by atoms with Crippen LogP contribution in [0.4, 0.5) is 8.78 Å². The first-order chi connectivity index (χ1) is 12.4. The molecule has 3 rings (SSSR count). The topological polar surface area (TPSA) is 63.6 Å². The minimum Gasteiger partial charge on any atom is -0.469 e. The highest BCUT2D eigenvalue weighted by molar-refractivity contribution is 5.99. The van der Waals surface area contributed by atoms with Gasteiger partial charge in [-0.2, -0.15) is 5.10 Å². The fourth-order valence-electron chi connectivity index (χ4n) is 2.81. The van der Waals surface area contributed by atoms with E-state index in [1.54, 1.807) is 25.1 Å². The lowest BCUT2D eigenvalue weighted by atomic mass is 10.1. The van der Waals surface area contributed by atoms with Gasteiger partial charge in [0, 0.05) is 25.2 Å². The van der Waals surface area contributed by atoms with Crippen LogP contribution in [0.25, 0.3) is 5.65 Å². The molecule has 0 spiro atoms. The third-order valence-corrected chi connectivity index (χ3v) is 4.45. The maximum Gasteiger partial charge on any atom is 0.280 e. The second-order valence-corrected chi connectivity index (χ2v) is 6.30. The molecule has 0 aliphatic rings. The molecule has 0 fully saturated rings. The highest BCUT2D eigenvalue weighted by Gasteiger charge is 2.24. The molecule has 1 unspecified atom stereocenters. The predicted molar refractivity (Wildman–Crippen MR) is 91.3 cm³/mol. The fraction of sp³-hybridized carbons (Fsp3) is 0.389. The molecule has 26 heavy (non-hydrogen) atoms. The molecule has 1 atom stereocenters. The number of rotatable bonds is 6. The molecule has 0 aliphatic carbocycles. The Kier molecular flexibility index (Phi) is 5.01. The first-order valence-corrected chi connectivity index (χ1v) is 8.31. The molecule has 0 bridgehead atoms. The number of furan rings is 1. The van der Waals surface area contributed by atoms with Crippen molar-refractivity contribution in [3.05, 3.63) is 53.4 Å². The maximum atomic E-state index is 13.2. The number of aromatic nitrogens is 3. The first-order valence-electron chi connectivity index (χ1n) is 8.31. The predicted octanol–water partition coefficient (Wildman–Crippen LogP) is 3.66. The number of halogens is 2. The molecule has 3 aromatic heterocycles. The summed E-state index contributed by atoms with van der Waals surface area (Å²) in [5.41, 5.74) is 0.495. The van der Waals surface area contributed by atoms with Crippen molar-refractivity contribution in [1.82, 2.24) is 19.5 Å². The second-order valence-electron chi connectivity index (χ2n) is 6.30. The van der Waals surface area contributed by atoms with Crippen LogP contribution in [0, 0.1) is 6.92 Å². The molecule has 3 heterocycles. The summed E-state index contributed by atoms with van der Waals surface area (Å²) < 4.78 is 32.8. The van der Waals surface area contributed by atoms with E-state index in [9.17, 15) is 13.6 Å². The van der Waals surface area contributed by atoms with Crippen molar-refractivity contribution in [1.29, 1.82) is 0 Å². The number of amides is 1. The molecular formula is C18H20F2N4O2. The SMILES string of the molecule is Cc1cc(C(F)F)n2ncc(C(=O)N(C)C(C)CCc3ccco3)c2n1. The fourth-order valence-corrected chi connectivity index (χ4v) is 2.81. The van der Waals surface area contributed by atoms with Gasteiger partial charge >= 0.3 is 0 Å². The van der Waals surface area contributed by atoms with Gasteiger partial charge in [0.25, 0.3) is 12.3 Å². The van der Waals surface area contributed by atoms with E-state index in [2.05, 4.69) is 10.1 Å². The maximum absolute atomic E-state index is 13.2. The van der Waals surface area contributed by atoms with Gasteiger partial charge in [-0.3, -0.25) is 4.79 Å². The van der Waals surface area contributed by atoms with Crippen molar-refractivity contribution in [2.75, 3.05) is 7.05 Å². The van der Waals surface area contributed by atoms with Crippen molar-refractivity contribution in [3.63, 3.8) is 0 Å². The van der Waals surface area contributed by atoms with Gasteiger partial charge in [-0.1, -0.05) is 0 Å². The number of carbonyl (C=O) groups is 1. The summed E-state index contributed by atoms with van der Waals surface area (Å²) in [6.07, 6.45) is 1.62. The molecular weight excluding hydrogens is 342 g/mol. The van der Waals surface area contributed by atoms with Crippen LogP contribution in [0.2, 0.25) is 0 Å². The van der Waals surface area contributed by atoms with Gasteiger partial charge in [0.1, 0.15) is 17.0 Å². The molecule has 1 amide bonds. The molecule has 0 aliphatic heterocycles. The van der Waals surface area contributed by atoms with Crippen LogP contribution >= 0.6 is 0 Å². The van der Waals surface area contributed by atoms with Gasteiger partial charge in [0.05, 0.1) is 12.5 Å². The number of fused-ring (bicyclic) bond motifs is 1. The highest BCUT2D eigenvalue weighted by atomic mass is 19.3. The Hall–Kier alpha value is -2.77. The van der Waals surface area contributed by atoms with E-state index in [1.165, 1.54) is 12.3 Å². The Balaban J connectivity index is 1.82. The zero-order chi connectivity index (χ0) is 18.8. The standard InChI is InChI=1S/C18H20F2N4O2/c1-11-9-15(16(19)20)24-17(22-11)14(10-21-24)18(25)23(3)12(2)6-7-13-5-4-8-26-13/h4-5,8-10,12,16H,6-7H2,1-3H3. The quantitative estimate of drug-likeness (QED) is 0.671. The normalized spacial score (nSPS) is 12.7. The number of alkyl halides is 2. The second kappa shape index (κ2) is 7.23. The van der Waals surface area contributed by atoms with E-state index in [-0.39, 0.29) is 28.9 Å². The summed E-state index contributed by atoms with van der Waals surface area (Å²) in [5.74, 6) is 0.554. The van der Waals surface area contributed by atoms with Crippen molar-refractivity contribution < 1.29 is 18.0 Å². The Labute approximate surface area is 149 Å². The summed E-state index contributed by atoms with van der Waals surface area (Å²) in [6.45, 7) is 3.54. The Bertz CT molecular complexity index is 905. The number of aryl methyl sites for hydroxylation is 2. The molecule has 6 nitrogen and oxygen atoms in total. The van der Waals surface area contributed by atoms with Crippen molar-refractivity contribution in [2.24, 2.45) is 0 Å². The Morgan fingerprint density at radius 2 is 2.19 bits per heavy atom. The van der Waals surface area contributed by atoms with Gasteiger partial charge in [-0.15, -0.1) is 0 Å². The van der Waals surface area contributed by atoms with E-state index in [0.29, 0.717) is 18.5 Å². The van der Waals surface area contributed by atoms with E-state index >= 15 is 0 Å². The number of nitrogens with zero attached hydrogens (tertiary/aromatic N) is 4. The van der Waals surface area contributed by atoms with Gasteiger partial charge in [0.15, 0.2) is 5.65 Å². The molecule has 0 radical (unpaired) electrons. The first kappa shape index (κ1) is 18.0. The monoisotopic (exact) mass is 362 g/mol. The van der Waals surface area contributed by atoms with Crippen LogP contribution in [0.15, 0.2) is 35.1 Å². The Morgan fingerprint density at radius 1 is 1.42 bits per heavy atom. The smallest absolute Gasteiger partial charge is 0.280 e. The molecule has 3 aromatic rings. The van der Waals surface area contributed by atoms with Crippen molar-refractivity contribution in [3.8, 4) is 0 Å². The van der Waals surface area contributed by atoms with Crippen molar-refractivity contribution in [2.45, 2.75) is 39.2 Å². The minimum atomic E-state index is -2.70. The van der Waals surface area contributed by atoms with Crippen LogP contribution in [0.3, 0.4) is 0 Å². The molecule has 0 aromatic carbocycles. The van der Waals surface area contributed by atoms with Crippen LogP contribution < -0.4 is 0 Å². The number of carbonyl (C=O) groups excluding carboxylic acids is 1. The van der Waals surface area contributed by atoms with Crippen LogP contribution in [0.5, 0.6) is 0 Å². The summed E-state index contributed by atoms with van der Waals surface area (Å²) in [7, 11) is 1.68. The molecule has 8 heteroatoms. The molecule has 0 saturated carbocycles. The lowest BCUT2D eigenvalue weighted by Crippen LogP contribution is -2.35. The summed E-state index contributed by atoms with van der Waals surface area (Å²) in [6, 6.07) is 4.91. The molecule has 0 saturated heterocycles. The third kappa shape index (κ3) is 3.44. The van der Waals surface area contributed by atoms with Crippen LogP contribution in [-0.2, 0) is 6.42 Å². The average Bonchev–Trinajstić information content (AvgIpc) is 3.26. The van der Waals surface area contributed by atoms with Crippen LogP contribution in [0.1, 0.15) is 47.3 Å². The highest BCUT2D eigenvalue weighted by Crippen LogP contribution is 2.22. The summed E-state index contributed by atoms with van der Waals surface area (Å²) in [4.78, 5) is 18.6. The zero-order valence-corrected chi connectivity index (χ0v) is 14.8. The lowest BCUT2D eigenvalue weighted by molar-refractivity contribution is 0.0738. The van der Waals surface area contributed by atoms with E-state index < -0.39 is 6.43 Å². The van der Waals surface area contributed by atoms with Gasteiger partial charge < -0.3 is 9.32 Å². The average molecular weight is 362 g/mol. The van der Waals surface area contributed by atoms with Gasteiger partial charge in [-0.25, -0.2) is 18.3 Å². The van der Waals surface area contributed by atoms with Crippen molar-refractivity contribution >= 4 is 11.6 Å². The van der Waals surface area contributed by atoms with E-state index in [1.807, 2.05) is 19.1 Å². The van der Waals surface area contributed by atoms with E-state index in [0.717, 1.165) is 10.3 Å². The number of hydrogen-bond donors (Lipinski definition) is 0.